The number of nitrogens with zero attached hydrogens (tertiary/aromatic N) is 2. The zero-order valence-corrected chi connectivity index (χ0v) is 23.8. The summed E-state index contributed by atoms with van der Waals surface area (Å²) in [4.78, 5) is 27.8. The van der Waals surface area contributed by atoms with E-state index in [-0.39, 0.29) is 23.0 Å². The molecular weight excluding hydrogens is 537 g/mol. The molecule has 0 spiro atoms. The van der Waals surface area contributed by atoms with Crippen LogP contribution in [0.3, 0.4) is 0 Å². The number of halogens is 1. The molecule has 0 saturated carbocycles. The van der Waals surface area contributed by atoms with E-state index < -0.39 is 34.3 Å². The van der Waals surface area contributed by atoms with Crippen LogP contribution in [0.15, 0.2) is 77.7 Å². The standard InChI is InChI=1S/C29H34FN3O6S/c1-5-31-29(35)21(3)32(19-22-8-7-9-26(18-22)38-4)28(34)20-33(24-12-14-25(15-13-24)39-6-2)40(36,37)27-16-10-23(30)11-17-27/h7-18,21H,5-6,19-20H2,1-4H3,(H,31,35)/t21-/m1/s1. The van der Waals surface area contributed by atoms with E-state index in [9.17, 15) is 22.4 Å². The van der Waals surface area contributed by atoms with Gasteiger partial charge in [-0.05, 0) is 87.0 Å². The molecule has 1 atom stereocenters. The minimum Gasteiger partial charge on any atom is -0.497 e. The normalized spacial score (nSPS) is 11.8. The van der Waals surface area contributed by atoms with E-state index in [1.165, 1.54) is 24.1 Å². The molecule has 0 aliphatic rings. The number of carbonyl (C=O) groups excluding carboxylic acids is 2. The Hall–Kier alpha value is -4.12. The van der Waals surface area contributed by atoms with Gasteiger partial charge >= 0.3 is 0 Å². The van der Waals surface area contributed by atoms with E-state index in [0.29, 0.717) is 30.2 Å². The zero-order chi connectivity index (χ0) is 29.3. The lowest BCUT2D eigenvalue weighted by Crippen LogP contribution is -2.51. The number of methoxy groups -OCH3 is 1. The predicted octanol–water partition coefficient (Wildman–Crippen LogP) is 3.98. The highest BCUT2D eigenvalue weighted by Gasteiger charge is 2.32. The molecule has 0 bridgehead atoms. The number of likely N-dealkylation sites (N-methyl/N-ethyl adjacent to an activating group) is 1. The van der Waals surface area contributed by atoms with Gasteiger partial charge in [0.25, 0.3) is 10.0 Å². The summed E-state index contributed by atoms with van der Waals surface area (Å²) in [6, 6.07) is 16.7. The average molecular weight is 572 g/mol. The Labute approximate surface area is 234 Å². The Morgan fingerprint density at radius 3 is 2.25 bits per heavy atom. The quantitative estimate of drug-likeness (QED) is 0.333. The van der Waals surface area contributed by atoms with Gasteiger partial charge in [0.05, 0.1) is 24.3 Å². The highest BCUT2D eigenvalue weighted by molar-refractivity contribution is 7.92. The van der Waals surface area contributed by atoms with E-state index in [4.69, 9.17) is 9.47 Å². The van der Waals surface area contributed by atoms with E-state index in [0.717, 1.165) is 28.6 Å². The van der Waals surface area contributed by atoms with Crippen LogP contribution < -0.4 is 19.1 Å². The zero-order valence-electron chi connectivity index (χ0n) is 23.0. The molecule has 0 fully saturated rings. The third kappa shape index (κ3) is 7.50. The number of nitrogens with one attached hydrogen (secondary N) is 1. The number of hydrogen-bond donors (Lipinski definition) is 1. The van der Waals surface area contributed by atoms with Gasteiger partial charge in [-0.1, -0.05) is 12.1 Å². The molecule has 0 unspecified atom stereocenters. The topological polar surface area (TPSA) is 105 Å². The van der Waals surface area contributed by atoms with Crippen LogP contribution in [-0.2, 0) is 26.2 Å². The van der Waals surface area contributed by atoms with Gasteiger partial charge in [0, 0.05) is 13.1 Å². The van der Waals surface area contributed by atoms with Gasteiger partial charge in [-0.25, -0.2) is 12.8 Å². The van der Waals surface area contributed by atoms with Crippen molar-refractivity contribution >= 4 is 27.5 Å². The monoisotopic (exact) mass is 571 g/mol. The molecule has 0 saturated heterocycles. The summed E-state index contributed by atoms with van der Waals surface area (Å²) < 4.78 is 52.8. The second kappa shape index (κ2) is 13.8. The lowest BCUT2D eigenvalue weighted by molar-refractivity contribution is -0.139. The van der Waals surface area contributed by atoms with Crippen molar-refractivity contribution in [1.29, 1.82) is 0 Å². The van der Waals surface area contributed by atoms with Crippen molar-refractivity contribution < 1.29 is 31.9 Å². The summed E-state index contributed by atoms with van der Waals surface area (Å²) >= 11 is 0. The van der Waals surface area contributed by atoms with Crippen molar-refractivity contribution in [2.45, 2.75) is 38.3 Å². The van der Waals surface area contributed by atoms with E-state index in [1.807, 2.05) is 6.92 Å². The number of anilines is 1. The molecule has 11 heteroatoms. The van der Waals surface area contributed by atoms with Gasteiger partial charge < -0.3 is 19.7 Å². The molecule has 9 nitrogen and oxygen atoms in total. The number of amides is 2. The molecular formula is C29H34FN3O6S. The Morgan fingerprint density at radius 2 is 1.65 bits per heavy atom. The Morgan fingerprint density at radius 1 is 0.975 bits per heavy atom. The smallest absolute Gasteiger partial charge is 0.264 e. The fourth-order valence-corrected chi connectivity index (χ4v) is 5.42. The first-order chi connectivity index (χ1) is 19.1. The molecule has 214 valence electrons. The molecule has 0 aromatic heterocycles. The fourth-order valence-electron chi connectivity index (χ4n) is 4.01. The average Bonchev–Trinajstić information content (AvgIpc) is 2.95. The van der Waals surface area contributed by atoms with E-state index in [2.05, 4.69) is 5.32 Å². The predicted molar refractivity (Wildman–Crippen MR) is 150 cm³/mol. The number of ether oxygens (including phenoxy) is 2. The molecule has 3 rings (SSSR count). The molecule has 3 aromatic carbocycles. The van der Waals surface area contributed by atoms with Crippen LogP contribution in [-0.4, -0.2) is 58.0 Å². The first-order valence-electron chi connectivity index (χ1n) is 12.8. The lowest BCUT2D eigenvalue weighted by atomic mass is 10.1. The summed E-state index contributed by atoms with van der Waals surface area (Å²) in [5, 5.41) is 2.71. The number of hydrogen-bond acceptors (Lipinski definition) is 6. The first kappa shape index (κ1) is 30.4. The van der Waals surface area contributed by atoms with Gasteiger partial charge in [-0.3, -0.25) is 13.9 Å². The third-order valence-electron chi connectivity index (χ3n) is 6.12. The van der Waals surface area contributed by atoms with Crippen LogP contribution in [0.25, 0.3) is 0 Å². The Bertz CT molecular complexity index is 1400. The van der Waals surface area contributed by atoms with E-state index >= 15 is 0 Å². The third-order valence-corrected chi connectivity index (χ3v) is 7.91. The minimum absolute atomic E-state index is 0.0298. The number of sulfonamides is 1. The van der Waals surface area contributed by atoms with Gasteiger partial charge in [-0.15, -0.1) is 0 Å². The van der Waals surface area contributed by atoms with Crippen molar-refractivity contribution in [2.24, 2.45) is 0 Å². The highest BCUT2D eigenvalue weighted by atomic mass is 32.2. The van der Waals surface area contributed by atoms with Gasteiger partial charge in [0.1, 0.15) is 29.9 Å². The Kier molecular flexibility index (Phi) is 10.5. The molecule has 1 N–H and O–H groups in total. The van der Waals surface area contributed by atoms with Crippen molar-refractivity contribution in [3.8, 4) is 11.5 Å². The summed E-state index contributed by atoms with van der Waals surface area (Å²) in [5.74, 6) is -0.483. The van der Waals surface area contributed by atoms with Crippen molar-refractivity contribution in [1.82, 2.24) is 10.2 Å². The van der Waals surface area contributed by atoms with Crippen LogP contribution in [0, 0.1) is 5.82 Å². The molecule has 0 aliphatic carbocycles. The molecule has 0 radical (unpaired) electrons. The maximum Gasteiger partial charge on any atom is 0.264 e. The summed E-state index contributed by atoms with van der Waals surface area (Å²) in [6.07, 6.45) is 0. The summed E-state index contributed by atoms with van der Waals surface area (Å²) in [6.45, 7) is 5.38. The molecule has 0 aliphatic heterocycles. The van der Waals surface area contributed by atoms with Crippen molar-refractivity contribution in [2.75, 3.05) is 31.1 Å². The maximum atomic E-state index is 13.9. The minimum atomic E-state index is -4.31. The van der Waals surface area contributed by atoms with Crippen LogP contribution in [0.5, 0.6) is 11.5 Å². The van der Waals surface area contributed by atoms with Gasteiger partial charge in [0.2, 0.25) is 11.8 Å². The number of rotatable bonds is 13. The molecule has 3 aromatic rings. The van der Waals surface area contributed by atoms with Crippen molar-refractivity contribution in [3.63, 3.8) is 0 Å². The summed E-state index contributed by atoms with van der Waals surface area (Å²) in [7, 11) is -2.78. The largest absolute Gasteiger partial charge is 0.497 e. The second-order valence-corrected chi connectivity index (χ2v) is 10.7. The molecule has 0 heterocycles. The Balaban J connectivity index is 2.03. The second-order valence-electron chi connectivity index (χ2n) is 8.84. The lowest BCUT2D eigenvalue weighted by Gasteiger charge is -2.32. The SMILES string of the molecule is CCNC(=O)[C@@H](C)N(Cc1cccc(OC)c1)C(=O)CN(c1ccc(OCC)cc1)S(=O)(=O)c1ccc(F)cc1. The van der Waals surface area contributed by atoms with Crippen LogP contribution in [0.1, 0.15) is 26.3 Å². The van der Waals surface area contributed by atoms with Crippen molar-refractivity contribution in [3.05, 3.63) is 84.2 Å². The van der Waals surface area contributed by atoms with Gasteiger partial charge in [-0.2, -0.15) is 0 Å². The van der Waals surface area contributed by atoms with E-state index in [1.54, 1.807) is 50.2 Å². The highest BCUT2D eigenvalue weighted by Crippen LogP contribution is 2.27. The maximum absolute atomic E-state index is 13.9. The molecule has 2 amide bonds. The summed E-state index contributed by atoms with van der Waals surface area (Å²) in [5.41, 5.74) is 0.894. The van der Waals surface area contributed by atoms with Crippen LogP contribution in [0.2, 0.25) is 0 Å². The van der Waals surface area contributed by atoms with Crippen LogP contribution in [0.4, 0.5) is 10.1 Å². The number of carbonyl (C=O) groups is 2. The first-order valence-corrected chi connectivity index (χ1v) is 14.3. The molecule has 40 heavy (non-hydrogen) atoms. The fraction of sp³-hybridized carbons (Fsp3) is 0.310. The number of benzene rings is 3. The van der Waals surface area contributed by atoms with Crippen LogP contribution >= 0.6 is 0 Å². The van der Waals surface area contributed by atoms with Gasteiger partial charge in [0.15, 0.2) is 0 Å².